The molecule has 1 unspecified atom stereocenters. The van der Waals surface area contributed by atoms with Crippen molar-refractivity contribution < 1.29 is 9.47 Å². The lowest BCUT2D eigenvalue weighted by Crippen LogP contribution is -2.22. The maximum atomic E-state index is 5.30. The smallest absolute Gasteiger partial charge is 0.122 e. The summed E-state index contributed by atoms with van der Waals surface area (Å²) in [6, 6.07) is 7.19. The van der Waals surface area contributed by atoms with Crippen molar-refractivity contribution in [1.29, 1.82) is 0 Å². The molecule has 1 fully saturated rings. The van der Waals surface area contributed by atoms with E-state index >= 15 is 0 Å². The predicted molar refractivity (Wildman–Crippen MR) is 68.7 cm³/mol. The van der Waals surface area contributed by atoms with Gasteiger partial charge in [-0.25, -0.2) is 0 Å². The molecule has 17 heavy (non-hydrogen) atoms. The Morgan fingerprint density at radius 3 is 2.18 bits per heavy atom. The van der Waals surface area contributed by atoms with E-state index in [4.69, 9.17) is 9.47 Å². The number of methoxy groups -OCH3 is 2. The Hall–Kier alpha value is -1.22. The van der Waals surface area contributed by atoms with Crippen LogP contribution in [0.3, 0.4) is 0 Å². The Morgan fingerprint density at radius 1 is 1.18 bits per heavy atom. The molecule has 0 amide bonds. The van der Waals surface area contributed by atoms with Gasteiger partial charge in [0.15, 0.2) is 0 Å². The minimum atomic E-state index is 0.395. The zero-order valence-corrected chi connectivity index (χ0v) is 10.8. The van der Waals surface area contributed by atoms with Gasteiger partial charge in [0.05, 0.1) is 14.2 Å². The maximum Gasteiger partial charge on any atom is 0.122 e. The van der Waals surface area contributed by atoms with Crippen LogP contribution < -0.4 is 14.8 Å². The van der Waals surface area contributed by atoms with Crippen molar-refractivity contribution in [1.82, 2.24) is 5.32 Å². The Balaban J connectivity index is 2.20. The van der Waals surface area contributed by atoms with Crippen LogP contribution >= 0.6 is 0 Å². The Bertz CT molecular complexity index is 352. The lowest BCUT2D eigenvalue weighted by molar-refractivity contribution is 0.391. The molecule has 0 spiro atoms. The van der Waals surface area contributed by atoms with Gasteiger partial charge < -0.3 is 14.8 Å². The fourth-order valence-electron chi connectivity index (χ4n) is 2.01. The highest BCUT2D eigenvalue weighted by molar-refractivity contribution is 5.39. The number of rotatable bonds is 6. The lowest BCUT2D eigenvalue weighted by atomic mass is 10.0. The molecule has 1 aliphatic carbocycles. The van der Waals surface area contributed by atoms with Gasteiger partial charge in [-0.1, -0.05) is 6.92 Å². The second kappa shape index (κ2) is 5.41. The molecule has 0 bridgehead atoms. The minimum Gasteiger partial charge on any atom is -0.497 e. The van der Waals surface area contributed by atoms with Crippen LogP contribution in [0.5, 0.6) is 11.5 Å². The van der Waals surface area contributed by atoms with Gasteiger partial charge >= 0.3 is 0 Å². The van der Waals surface area contributed by atoms with Crippen molar-refractivity contribution in [2.45, 2.75) is 38.3 Å². The van der Waals surface area contributed by atoms with E-state index in [0.717, 1.165) is 17.9 Å². The van der Waals surface area contributed by atoms with Crippen molar-refractivity contribution in [3.63, 3.8) is 0 Å². The molecule has 1 N–H and O–H groups in total. The van der Waals surface area contributed by atoms with Gasteiger partial charge in [0, 0.05) is 18.2 Å². The summed E-state index contributed by atoms with van der Waals surface area (Å²) in [5, 5.41) is 3.65. The molecule has 94 valence electrons. The predicted octanol–water partition coefficient (Wildman–Crippen LogP) is 2.91. The highest BCUT2D eigenvalue weighted by Crippen LogP contribution is 2.30. The minimum absolute atomic E-state index is 0.395. The number of benzene rings is 1. The molecule has 1 atom stereocenters. The number of nitrogens with one attached hydrogen (secondary N) is 1. The highest BCUT2D eigenvalue weighted by Gasteiger charge is 2.24. The van der Waals surface area contributed by atoms with E-state index < -0.39 is 0 Å². The SMILES string of the molecule is CCC(NC1CC1)c1cc(OC)cc(OC)c1. The van der Waals surface area contributed by atoms with Gasteiger partial charge in [-0.15, -0.1) is 0 Å². The van der Waals surface area contributed by atoms with Gasteiger partial charge in [0.1, 0.15) is 11.5 Å². The zero-order chi connectivity index (χ0) is 12.3. The molecule has 0 aromatic heterocycles. The topological polar surface area (TPSA) is 30.5 Å². The third kappa shape index (κ3) is 3.13. The van der Waals surface area contributed by atoms with E-state index in [1.165, 1.54) is 18.4 Å². The summed E-state index contributed by atoms with van der Waals surface area (Å²) >= 11 is 0. The first-order valence-corrected chi connectivity index (χ1v) is 6.25. The van der Waals surface area contributed by atoms with Gasteiger partial charge in [-0.2, -0.15) is 0 Å². The fraction of sp³-hybridized carbons (Fsp3) is 0.571. The van der Waals surface area contributed by atoms with Crippen molar-refractivity contribution >= 4 is 0 Å². The van der Waals surface area contributed by atoms with Crippen molar-refractivity contribution in [3.8, 4) is 11.5 Å². The van der Waals surface area contributed by atoms with Crippen LogP contribution in [0.1, 0.15) is 37.8 Å². The van der Waals surface area contributed by atoms with E-state index in [1.54, 1.807) is 14.2 Å². The van der Waals surface area contributed by atoms with E-state index in [2.05, 4.69) is 24.4 Å². The van der Waals surface area contributed by atoms with E-state index in [-0.39, 0.29) is 0 Å². The Kier molecular flexibility index (Phi) is 3.89. The standard InChI is InChI=1S/C14H21NO2/c1-4-14(15-11-5-6-11)10-7-12(16-2)9-13(8-10)17-3/h7-9,11,14-15H,4-6H2,1-3H3. The summed E-state index contributed by atoms with van der Waals surface area (Å²) in [6.07, 6.45) is 3.68. The van der Waals surface area contributed by atoms with Crippen LogP contribution in [-0.4, -0.2) is 20.3 Å². The summed E-state index contributed by atoms with van der Waals surface area (Å²) in [7, 11) is 3.38. The largest absolute Gasteiger partial charge is 0.497 e. The molecule has 0 aliphatic heterocycles. The van der Waals surface area contributed by atoms with Gasteiger partial charge in [-0.3, -0.25) is 0 Å². The lowest BCUT2D eigenvalue weighted by Gasteiger charge is -2.18. The van der Waals surface area contributed by atoms with Gasteiger partial charge in [0.25, 0.3) is 0 Å². The van der Waals surface area contributed by atoms with Crippen LogP contribution in [0.25, 0.3) is 0 Å². The molecule has 0 heterocycles. The van der Waals surface area contributed by atoms with E-state index in [9.17, 15) is 0 Å². The summed E-state index contributed by atoms with van der Waals surface area (Å²) in [4.78, 5) is 0. The fourth-order valence-corrected chi connectivity index (χ4v) is 2.01. The molecule has 1 aromatic carbocycles. The summed E-state index contributed by atoms with van der Waals surface area (Å²) in [5.41, 5.74) is 1.25. The van der Waals surface area contributed by atoms with Crippen LogP contribution in [0, 0.1) is 0 Å². The summed E-state index contributed by atoms with van der Waals surface area (Å²) in [5.74, 6) is 1.71. The second-order valence-electron chi connectivity index (χ2n) is 4.55. The summed E-state index contributed by atoms with van der Waals surface area (Å²) < 4.78 is 10.6. The zero-order valence-electron chi connectivity index (χ0n) is 10.8. The molecule has 0 radical (unpaired) electrons. The maximum absolute atomic E-state index is 5.30. The van der Waals surface area contributed by atoms with Crippen LogP contribution in [0.4, 0.5) is 0 Å². The monoisotopic (exact) mass is 235 g/mol. The van der Waals surface area contributed by atoms with E-state index in [0.29, 0.717) is 12.1 Å². The summed E-state index contributed by atoms with van der Waals surface area (Å²) in [6.45, 7) is 2.20. The first kappa shape index (κ1) is 12.2. The molecule has 2 rings (SSSR count). The molecule has 1 aliphatic rings. The third-order valence-electron chi connectivity index (χ3n) is 3.20. The molecule has 1 aromatic rings. The number of hydrogen-bond donors (Lipinski definition) is 1. The number of hydrogen-bond acceptors (Lipinski definition) is 3. The molecule has 1 saturated carbocycles. The molecular weight excluding hydrogens is 214 g/mol. The van der Waals surface area contributed by atoms with Crippen LogP contribution in [-0.2, 0) is 0 Å². The average molecular weight is 235 g/mol. The molecule has 3 heteroatoms. The normalized spacial score (nSPS) is 16.6. The van der Waals surface area contributed by atoms with Crippen LogP contribution in [0.15, 0.2) is 18.2 Å². The highest BCUT2D eigenvalue weighted by atomic mass is 16.5. The first-order valence-electron chi connectivity index (χ1n) is 6.25. The van der Waals surface area contributed by atoms with Crippen molar-refractivity contribution in [3.05, 3.63) is 23.8 Å². The van der Waals surface area contributed by atoms with Gasteiger partial charge in [0.2, 0.25) is 0 Å². The molecule has 0 saturated heterocycles. The van der Waals surface area contributed by atoms with Gasteiger partial charge in [-0.05, 0) is 37.0 Å². The van der Waals surface area contributed by atoms with Crippen molar-refractivity contribution in [2.24, 2.45) is 0 Å². The Labute approximate surface area is 103 Å². The van der Waals surface area contributed by atoms with Crippen LogP contribution in [0.2, 0.25) is 0 Å². The average Bonchev–Trinajstić information content (AvgIpc) is 3.19. The quantitative estimate of drug-likeness (QED) is 0.822. The molecular formula is C14H21NO2. The third-order valence-corrected chi connectivity index (χ3v) is 3.20. The Morgan fingerprint density at radius 2 is 1.76 bits per heavy atom. The molecule has 3 nitrogen and oxygen atoms in total. The van der Waals surface area contributed by atoms with Crippen molar-refractivity contribution in [2.75, 3.05) is 14.2 Å². The second-order valence-corrected chi connectivity index (χ2v) is 4.55. The first-order chi connectivity index (χ1) is 8.26. The van der Waals surface area contributed by atoms with E-state index in [1.807, 2.05) is 6.07 Å². The number of ether oxygens (including phenoxy) is 2.